The van der Waals surface area contributed by atoms with Crippen LogP contribution in [0.1, 0.15) is 27.2 Å². The number of carbonyl (C=O) groups is 1. The normalized spacial score (nSPS) is 12.0. The summed E-state index contributed by atoms with van der Waals surface area (Å²) in [6.07, 6.45) is -0.568. The molecule has 4 aromatic rings. The van der Waals surface area contributed by atoms with Crippen LogP contribution in [0.3, 0.4) is 0 Å². The van der Waals surface area contributed by atoms with E-state index in [1.54, 1.807) is 23.6 Å². The Morgan fingerprint density at radius 2 is 1.71 bits per heavy atom. The molecule has 2 aromatic heterocycles. The molecule has 0 saturated carbocycles. The number of alkyl halides is 3. The second kappa shape index (κ2) is 9.10. The molecule has 6 nitrogen and oxygen atoms in total. The number of hydrogen-bond donors (Lipinski definition) is 1. The van der Waals surface area contributed by atoms with Gasteiger partial charge in [0.1, 0.15) is 5.76 Å². The fraction of sp³-hybridized carbons (Fsp3) is 0.160. The average molecular weight is 503 g/mol. The summed E-state index contributed by atoms with van der Waals surface area (Å²) >= 11 is 0. The van der Waals surface area contributed by atoms with Gasteiger partial charge in [-0.2, -0.15) is 13.2 Å². The SMILES string of the molecule is Cc1c(C(=O)Nc2ccc(S(C)(=O)=O)cc2)cn(Cc2ccco2)c1-c1ccccc1C(F)(F)F. The molecule has 0 unspecified atom stereocenters. The van der Waals surface area contributed by atoms with E-state index < -0.39 is 27.5 Å². The van der Waals surface area contributed by atoms with Gasteiger partial charge < -0.3 is 14.3 Å². The zero-order chi connectivity index (χ0) is 25.4. The van der Waals surface area contributed by atoms with E-state index in [4.69, 9.17) is 4.42 Å². The number of nitrogens with zero attached hydrogens (tertiary/aromatic N) is 1. The van der Waals surface area contributed by atoms with Crippen LogP contribution in [0.5, 0.6) is 0 Å². The van der Waals surface area contributed by atoms with Crippen molar-refractivity contribution in [3.63, 3.8) is 0 Å². The molecule has 0 aliphatic carbocycles. The first kappa shape index (κ1) is 24.3. The van der Waals surface area contributed by atoms with E-state index in [1.807, 2.05) is 0 Å². The summed E-state index contributed by atoms with van der Waals surface area (Å²) in [5.41, 5.74) is 0.254. The smallest absolute Gasteiger partial charge is 0.417 e. The first-order chi connectivity index (χ1) is 16.4. The summed E-state index contributed by atoms with van der Waals surface area (Å²) in [5, 5.41) is 2.68. The van der Waals surface area contributed by atoms with E-state index in [1.165, 1.54) is 54.9 Å². The monoisotopic (exact) mass is 502 g/mol. The number of carbonyl (C=O) groups excluding carboxylic acids is 1. The summed E-state index contributed by atoms with van der Waals surface area (Å²) < 4.78 is 71.6. The van der Waals surface area contributed by atoms with Crippen molar-refractivity contribution in [3.8, 4) is 11.3 Å². The Kier molecular flexibility index (Phi) is 6.33. The zero-order valence-corrected chi connectivity index (χ0v) is 19.6. The number of rotatable bonds is 6. The van der Waals surface area contributed by atoms with Gasteiger partial charge in [-0.05, 0) is 55.0 Å². The predicted octanol–water partition coefficient (Wildman–Crippen LogP) is 5.78. The average Bonchev–Trinajstić information content (AvgIpc) is 3.41. The van der Waals surface area contributed by atoms with Crippen molar-refractivity contribution in [2.24, 2.45) is 0 Å². The molecule has 2 aromatic carbocycles. The Labute approximate surface area is 199 Å². The van der Waals surface area contributed by atoms with E-state index in [0.29, 0.717) is 17.0 Å². The molecule has 182 valence electrons. The van der Waals surface area contributed by atoms with Gasteiger partial charge in [0, 0.05) is 23.7 Å². The van der Waals surface area contributed by atoms with Crippen molar-refractivity contribution in [2.45, 2.75) is 24.5 Å². The minimum absolute atomic E-state index is 0.0550. The molecule has 4 rings (SSSR count). The number of benzene rings is 2. The number of anilines is 1. The Bertz CT molecular complexity index is 1470. The van der Waals surface area contributed by atoms with Gasteiger partial charge in [-0.15, -0.1) is 0 Å². The number of furan rings is 1. The van der Waals surface area contributed by atoms with Crippen molar-refractivity contribution in [1.82, 2.24) is 4.57 Å². The van der Waals surface area contributed by atoms with Crippen LogP contribution in [0.25, 0.3) is 11.3 Å². The van der Waals surface area contributed by atoms with Crippen LogP contribution >= 0.6 is 0 Å². The Hall–Kier alpha value is -3.79. The zero-order valence-electron chi connectivity index (χ0n) is 18.8. The van der Waals surface area contributed by atoms with Gasteiger partial charge in [0.25, 0.3) is 5.91 Å². The van der Waals surface area contributed by atoms with Gasteiger partial charge in [0.15, 0.2) is 9.84 Å². The first-order valence-corrected chi connectivity index (χ1v) is 12.3. The van der Waals surface area contributed by atoms with E-state index in [-0.39, 0.29) is 28.3 Å². The number of halogens is 3. The maximum Gasteiger partial charge on any atom is 0.417 e. The lowest BCUT2D eigenvalue weighted by atomic mass is 10.00. The molecule has 0 aliphatic rings. The highest BCUT2D eigenvalue weighted by molar-refractivity contribution is 7.90. The van der Waals surface area contributed by atoms with Gasteiger partial charge in [-0.1, -0.05) is 18.2 Å². The van der Waals surface area contributed by atoms with Crippen LogP contribution in [0.4, 0.5) is 18.9 Å². The first-order valence-electron chi connectivity index (χ1n) is 10.5. The van der Waals surface area contributed by atoms with Crippen LogP contribution in [0.2, 0.25) is 0 Å². The van der Waals surface area contributed by atoms with E-state index in [0.717, 1.165) is 12.3 Å². The Balaban J connectivity index is 1.77. The van der Waals surface area contributed by atoms with Crippen molar-refractivity contribution in [2.75, 3.05) is 11.6 Å². The van der Waals surface area contributed by atoms with Gasteiger partial charge in [-0.3, -0.25) is 4.79 Å². The number of hydrogen-bond acceptors (Lipinski definition) is 4. The number of amides is 1. The molecule has 0 bridgehead atoms. The van der Waals surface area contributed by atoms with Crippen LogP contribution in [-0.4, -0.2) is 25.1 Å². The molecule has 10 heteroatoms. The summed E-state index contributed by atoms with van der Waals surface area (Å²) in [6.45, 7) is 1.70. The topological polar surface area (TPSA) is 81.3 Å². The maximum atomic E-state index is 13.8. The third-order valence-electron chi connectivity index (χ3n) is 5.51. The fourth-order valence-corrected chi connectivity index (χ4v) is 4.49. The molecule has 0 radical (unpaired) electrons. The highest BCUT2D eigenvalue weighted by atomic mass is 32.2. The standard InChI is InChI=1S/C25H21F3N2O4S/c1-16-21(24(31)29-17-9-11-19(12-10-17)35(2,32)33)15-30(14-18-6-5-13-34-18)23(16)20-7-3-4-8-22(20)25(26,27)28/h3-13,15H,14H2,1-2H3,(H,29,31). The Morgan fingerprint density at radius 1 is 1.03 bits per heavy atom. The van der Waals surface area contributed by atoms with E-state index in [9.17, 15) is 26.4 Å². The molecule has 0 fully saturated rings. The highest BCUT2D eigenvalue weighted by Gasteiger charge is 2.35. The lowest BCUT2D eigenvalue weighted by Gasteiger charge is -2.16. The molecule has 0 spiro atoms. The third-order valence-corrected chi connectivity index (χ3v) is 6.64. The largest absolute Gasteiger partial charge is 0.467 e. The third kappa shape index (κ3) is 5.17. The molecular formula is C25H21F3N2O4S. The molecule has 0 atom stereocenters. The van der Waals surface area contributed by atoms with Crippen LogP contribution in [-0.2, 0) is 22.6 Å². The molecule has 35 heavy (non-hydrogen) atoms. The molecular weight excluding hydrogens is 481 g/mol. The molecule has 1 amide bonds. The van der Waals surface area contributed by atoms with Crippen LogP contribution in [0, 0.1) is 6.92 Å². The summed E-state index contributed by atoms with van der Waals surface area (Å²) in [4.78, 5) is 13.2. The fourth-order valence-electron chi connectivity index (χ4n) is 3.86. The molecule has 2 heterocycles. The quantitative estimate of drug-likeness (QED) is 0.363. The van der Waals surface area contributed by atoms with Gasteiger partial charge in [0.2, 0.25) is 0 Å². The van der Waals surface area contributed by atoms with E-state index >= 15 is 0 Å². The lowest BCUT2D eigenvalue weighted by molar-refractivity contribution is -0.137. The van der Waals surface area contributed by atoms with Crippen molar-refractivity contribution >= 4 is 21.4 Å². The minimum Gasteiger partial charge on any atom is -0.467 e. The maximum absolute atomic E-state index is 13.8. The summed E-state index contributed by atoms with van der Waals surface area (Å²) in [6, 6.07) is 14.2. The second-order valence-corrected chi connectivity index (χ2v) is 10.0. The van der Waals surface area contributed by atoms with E-state index in [2.05, 4.69) is 5.32 Å². The molecule has 1 N–H and O–H groups in total. The number of nitrogens with one attached hydrogen (secondary N) is 1. The van der Waals surface area contributed by atoms with Crippen molar-refractivity contribution in [3.05, 3.63) is 95.6 Å². The lowest BCUT2D eigenvalue weighted by Crippen LogP contribution is -2.12. The number of sulfone groups is 1. The Morgan fingerprint density at radius 3 is 2.31 bits per heavy atom. The van der Waals surface area contributed by atoms with Crippen molar-refractivity contribution in [1.29, 1.82) is 0 Å². The summed E-state index contributed by atoms with van der Waals surface area (Å²) in [5.74, 6) is -0.0346. The minimum atomic E-state index is -4.59. The van der Waals surface area contributed by atoms with Crippen LogP contribution < -0.4 is 5.32 Å². The molecule has 0 aliphatic heterocycles. The predicted molar refractivity (Wildman–Crippen MR) is 125 cm³/mol. The highest BCUT2D eigenvalue weighted by Crippen LogP contribution is 2.39. The van der Waals surface area contributed by atoms with Gasteiger partial charge in [0.05, 0.1) is 34.5 Å². The second-order valence-electron chi connectivity index (χ2n) is 8.02. The van der Waals surface area contributed by atoms with Crippen molar-refractivity contribution < 1.29 is 30.8 Å². The van der Waals surface area contributed by atoms with Gasteiger partial charge in [-0.25, -0.2) is 8.42 Å². The molecule has 0 saturated heterocycles. The summed E-state index contributed by atoms with van der Waals surface area (Å²) in [7, 11) is -3.40. The van der Waals surface area contributed by atoms with Crippen LogP contribution in [0.15, 0.2) is 82.4 Å². The number of aromatic nitrogens is 1. The van der Waals surface area contributed by atoms with Gasteiger partial charge >= 0.3 is 6.18 Å².